The number of benzene rings is 3. The van der Waals surface area contributed by atoms with Crippen molar-refractivity contribution in [1.82, 2.24) is 0 Å². The number of hydrogen-bond acceptors (Lipinski definition) is 8. The van der Waals surface area contributed by atoms with E-state index in [4.69, 9.17) is 24.2 Å². The standard InChI is InChI=1S/C34H31F3N2O7/c1-43-29-14-8-22(17-31(29)44-2)6-12-26(40)20-27(41)13-7-23-9-15-30(32(18-23)45-3)46-16-4-5-33(42)39-25-11-10-24(21-38)28(19-25)34(35,36)37/h6-15,17-20,40H,4-5,16H2,1-3H3,(H,39,42)/b12-6+,13-7+,26-20?. The molecule has 0 unspecified atom stereocenters. The molecule has 0 fully saturated rings. The van der Waals surface area contributed by atoms with Gasteiger partial charge in [0.15, 0.2) is 28.8 Å². The van der Waals surface area contributed by atoms with E-state index in [0.717, 1.165) is 23.8 Å². The van der Waals surface area contributed by atoms with E-state index in [1.807, 2.05) is 0 Å². The van der Waals surface area contributed by atoms with Crippen LogP contribution >= 0.6 is 0 Å². The van der Waals surface area contributed by atoms with Crippen molar-refractivity contribution in [1.29, 1.82) is 5.26 Å². The van der Waals surface area contributed by atoms with Gasteiger partial charge in [0.2, 0.25) is 5.91 Å². The fourth-order valence-corrected chi connectivity index (χ4v) is 4.06. The number of methoxy groups -OCH3 is 3. The second-order valence-electron chi connectivity index (χ2n) is 9.53. The normalized spacial score (nSPS) is 11.7. The number of aliphatic hydroxyl groups excluding tert-OH is 1. The predicted octanol–water partition coefficient (Wildman–Crippen LogP) is 7.14. The van der Waals surface area contributed by atoms with Gasteiger partial charge in [0.25, 0.3) is 0 Å². The molecular weight excluding hydrogens is 605 g/mol. The Morgan fingerprint density at radius 1 is 0.870 bits per heavy atom. The monoisotopic (exact) mass is 636 g/mol. The largest absolute Gasteiger partial charge is 0.508 e. The topological polar surface area (TPSA) is 127 Å². The number of ketones is 1. The number of allylic oxidation sites excluding steroid dienone is 3. The molecule has 0 saturated carbocycles. The number of nitriles is 1. The lowest BCUT2D eigenvalue weighted by atomic mass is 10.1. The number of alkyl halides is 3. The second kappa shape index (κ2) is 16.4. The van der Waals surface area contributed by atoms with Crippen LogP contribution in [-0.4, -0.2) is 44.7 Å². The minimum absolute atomic E-state index is 0.0313. The Kier molecular flexibility index (Phi) is 12.4. The zero-order chi connectivity index (χ0) is 33.7. The van der Waals surface area contributed by atoms with E-state index < -0.39 is 29.0 Å². The van der Waals surface area contributed by atoms with Crippen molar-refractivity contribution in [3.63, 3.8) is 0 Å². The molecule has 0 aliphatic carbocycles. The van der Waals surface area contributed by atoms with Crippen LogP contribution in [0.15, 0.2) is 78.6 Å². The van der Waals surface area contributed by atoms with Gasteiger partial charge in [-0.25, -0.2) is 0 Å². The number of amides is 1. The number of nitrogens with one attached hydrogen (secondary N) is 1. The highest BCUT2D eigenvalue weighted by Gasteiger charge is 2.34. The van der Waals surface area contributed by atoms with Crippen molar-refractivity contribution >= 4 is 29.5 Å². The quantitative estimate of drug-likeness (QED) is 0.0828. The van der Waals surface area contributed by atoms with Crippen molar-refractivity contribution in [2.75, 3.05) is 33.3 Å². The second-order valence-corrected chi connectivity index (χ2v) is 9.53. The number of ether oxygens (including phenoxy) is 4. The lowest BCUT2D eigenvalue weighted by Gasteiger charge is -2.12. The molecule has 0 spiro atoms. The first-order valence-corrected chi connectivity index (χ1v) is 13.7. The number of carbonyl (C=O) groups is 2. The maximum Gasteiger partial charge on any atom is 0.417 e. The van der Waals surface area contributed by atoms with Gasteiger partial charge in [-0.05, 0) is 72.2 Å². The van der Waals surface area contributed by atoms with Gasteiger partial charge >= 0.3 is 6.18 Å². The van der Waals surface area contributed by atoms with E-state index in [2.05, 4.69) is 5.32 Å². The SMILES string of the molecule is COc1ccc(/C=C/C(O)=CC(=O)/C=C/c2ccc(OCCCC(=O)Nc3ccc(C#N)c(C(F)(F)F)c3)c(OC)c2)cc1OC. The van der Waals surface area contributed by atoms with Crippen LogP contribution in [0, 0.1) is 11.3 Å². The number of halogens is 3. The molecule has 0 bridgehead atoms. The minimum atomic E-state index is -4.73. The van der Waals surface area contributed by atoms with Gasteiger partial charge in [-0.1, -0.05) is 24.3 Å². The predicted molar refractivity (Wildman–Crippen MR) is 166 cm³/mol. The molecule has 2 N–H and O–H groups in total. The lowest BCUT2D eigenvalue weighted by molar-refractivity contribution is -0.137. The first kappa shape index (κ1) is 34.8. The summed E-state index contributed by atoms with van der Waals surface area (Å²) in [4.78, 5) is 24.6. The van der Waals surface area contributed by atoms with Crippen molar-refractivity contribution in [2.45, 2.75) is 19.0 Å². The number of hydrogen-bond donors (Lipinski definition) is 2. The molecule has 0 aliphatic heterocycles. The van der Waals surface area contributed by atoms with Crippen molar-refractivity contribution in [3.05, 3.63) is 101 Å². The van der Waals surface area contributed by atoms with Crippen LogP contribution in [0.1, 0.15) is 35.1 Å². The molecule has 0 heterocycles. The summed E-state index contributed by atoms with van der Waals surface area (Å²) in [6, 6.07) is 14.6. The molecule has 9 nitrogen and oxygen atoms in total. The van der Waals surface area contributed by atoms with Gasteiger partial charge in [0.1, 0.15) is 5.76 Å². The first-order valence-electron chi connectivity index (χ1n) is 13.7. The fourth-order valence-electron chi connectivity index (χ4n) is 4.06. The summed E-state index contributed by atoms with van der Waals surface area (Å²) in [6.07, 6.45) is 2.36. The Morgan fingerprint density at radius 2 is 1.48 bits per heavy atom. The van der Waals surface area contributed by atoms with E-state index >= 15 is 0 Å². The molecule has 1 amide bonds. The van der Waals surface area contributed by atoms with Crippen molar-refractivity contribution in [3.8, 4) is 29.1 Å². The smallest absolute Gasteiger partial charge is 0.417 e. The number of aliphatic hydroxyl groups is 1. The van der Waals surface area contributed by atoms with Gasteiger partial charge in [-0.3, -0.25) is 9.59 Å². The van der Waals surface area contributed by atoms with Gasteiger partial charge in [-0.15, -0.1) is 0 Å². The van der Waals surface area contributed by atoms with E-state index in [0.29, 0.717) is 28.6 Å². The van der Waals surface area contributed by atoms with Gasteiger partial charge < -0.3 is 29.4 Å². The molecule has 12 heteroatoms. The van der Waals surface area contributed by atoms with Crippen LogP contribution in [0.4, 0.5) is 18.9 Å². The zero-order valence-corrected chi connectivity index (χ0v) is 25.2. The number of rotatable bonds is 14. The number of anilines is 1. The number of carbonyl (C=O) groups excluding carboxylic acids is 2. The fraction of sp³-hybridized carbons (Fsp3) is 0.206. The minimum Gasteiger partial charge on any atom is -0.508 e. The first-order chi connectivity index (χ1) is 22.0. The summed E-state index contributed by atoms with van der Waals surface area (Å²) in [5.41, 5.74) is -0.387. The van der Waals surface area contributed by atoms with Gasteiger partial charge in [-0.2, -0.15) is 18.4 Å². The molecular formula is C34H31F3N2O7. The molecule has 240 valence electrons. The van der Waals surface area contributed by atoms with Gasteiger partial charge in [0, 0.05) is 18.2 Å². The van der Waals surface area contributed by atoms with E-state index in [-0.39, 0.29) is 30.9 Å². The van der Waals surface area contributed by atoms with Crippen LogP contribution < -0.4 is 24.3 Å². The van der Waals surface area contributed by atoms with Crippen molar-refractivity contribution in [2.24, 2.45) is 0 Å². The van der Waals surface area contributed by atoms with Gasteiger partial charge in [0.05, 0.1) is 45.1 Å². The highest BCUT2D eigenvalue weighted by Crippen LogP contribution is 2.34. The Bertz CT molecular complexity index is 1690. The van der Waals surface area contributed by atoms with Crippen LogP contribution in [0.25, 0.3) is 12.2 Å². The van der Waals surface area contributed by atoms with Crippen molar-refractivity contribution < 1.29 is 46.8 Å². The third-order valence-electron chi connectivity index (χ3n) is 6.31. The molecule has 3 rings (SSSR count). The molecule has 0 aliphatic rings. The molecule has 3 aromatic rings. The Morgan fingerprint density at radius 3 is 2.09 bits per heavy atom. The molecule has 0 radical (unpaired) electrons. The van der Waals surface area contributed by atoms with Crippen LogP contribution in [0.5, 0.6) is 23.0 Å². The van der Waals surface area contributed by atoms with E-state index in [9.17, 15) is 27.9 Å². The number of nitrogens with zero attached hydrogens (tertiary/aromatic N) is 1. The molecule has 3 aromatic carbocycles. The zero-order valence-electron chi connectivity index (χ0n) is 25.2. The maximum absolute atomic E-state index is 13.2. The Hall–Kier alpha value is -5.70. The Balaban J connectivity index is 1.52. The summed E-state index contributed by atoms with van der Waals surface area (Å²) < 4.78 is 61.0. The van der Waals surface area contributed by atoms with Crippen LogP contribution in [-0.2, 0) is 15.8 Å². The highest BCUT2D eigenvalue weighted by molar-refractivity contribution is 6.02. The summed E-state index contributed by atoms with van der Waals surface area (Å²) in [5.74, 6) is 0.614. The maximum atomic E-state index is 13.2. The summed E-state index contributed by atoms with van der Waals surface area (Å²) in [6.45, 7) is 0.111. The third-order valence-corrected chi connectivity index (χ3v) is 6.31. The average Bonchev–Trinajstić information content (AvgIpc) is 3.04. The molecule has 0 aromatic heterocycles. The summed E-state index contributed by atoms with van der Waals surface area (Å²) >= 11 is 0. The molecule has 0 atom stereocenters. The third kappa shape index (κ3) is 10.2. The molecule has 46 heavy (non-hydrogen) atoms. The molecule has 0 saturated heterocycles. The van der Waals surface area contributed by atoms with E-state index in [1.165, 1.54) is 51.7 Å². The van der Waals surface area contributed by atoms with Crippen LogP contribution in [0.3, 0.4) is 0 Å². The Labute approximate surface area is 263 Å². The average molecular weight is 637 g/mol. The highest BCUT2D eigenvalue weighted by atomic mass is 19.4. The summed E-state index contributed by atoms with van der Waals surface area (Å²) in [7, 11) is 4.48. The van der Waals surface area contributed by atoms with Crippen LogP contribution in [0.2, 0.25) is 0 Å². The lowest BCUT2D eigenvalue weighted by Crippen LogP contribution is -2.14. The van der Waals surface area contributed by atoms with E-state index in [1.54, 1.807) is 42.5 Å². The summed E-state index contributed by atoms with van der Waals surface area (Å²) in [5, 5.41) is 21.4.